The molecule has 7 nitrogen and oxygen atoms in total. The Labute approximate surface area is 154 Å². The van der Waals surface area contributed by atoms with Crippen LogP contribution in [0.15, 0.2) is 82.0 Å². The minimum atomic E-state index is -4.45. The lowest BCUT2D eigenvalue weighted by molar-refractivity contribution is 0.484. The maximum absolute atomic E-state index is 11.8. The number of hydrogen-bond acceptors (Lipinski definition) is 6. The number of benzene rings is 3. The zero-order valence-electron chi connectivity index (χ0n) is 13.9. The summed E-state index contributed by atoms with van der Waals surface area (Å²) in [6.45, 7) is 0. The fourth-order valence-corrected chi connectivity index (χ4v) is 3.60. The number of nitrogen functional groups attached to an aromatic ring is 1. The standard InChI is InChI=1S/C19H14N4O3S/c20-19-15-6-2-1-5-14(15)18(27(24,25)26)11-17(19)23-22-13-7-8-16-12(10-13)4-3-9-21-16/h1-11H,20H2,(H,24,25,26). The number of pyridine rings is 1. The molecule has 0 fully saturated rings. The lowest BCUT2D eigenvalue weighted by atomic mass is 10.1. The van der Waals surface area contributed by atoms with Crippen molar-refractivity contribution in [1.29, 1.82) is 0 Å². The summed E-state index contributed by atoms with van der Waals surface area (Å²) in [5, 5.41) is 9.97. The van der Waals surface area contributed by atoms with E-state index in [1.165, 1.54) is 6.07 Å². The molecule has 0 saturated heterocycles. The van der Waals surface area contributed by atoms with Gasteiger partial charge in [0, 0.05) is 22.4 Å². The lowest BCUT2D eigenvalue weighted by Gasteiger charge is -2.09. The first kappa shape index (κ1) is 17.1. The fraction of sp³-hybridized carbons (Fsp3) is 0. The molecule has 0 spiro atoms. The number of anilines is 1. The predicted molar refractivity (Wildman–Crippen MR) is 104 cm³/mol. The summed E-state index contributed by atoms with van der Waals surface area (Å²) < 4.78 is 33.1. The van der Waals surface area contributed by atoms with Crippen LogP contribution in [0.2, 0.25) is 0 Å². The van der Waals surface area contributed by atoms with E-state index >= 15 is 0 Å². The molecular formula is C19H14N4O3S. The van der Waals surface area contributed by atoms with E-state index in [4.69, 9.17) is 5.73 Å². The van der Waals surface area contributed by atoms with Gasteiger partial charge >= 0.3 is 0 Å². The number of aromatic nitrogens is 1. The molecule has 3 N–H and O–H groups in total. The highest BCUT2D eigenvalue weighted by molar-refractivity contribution is 7.86. The molecule has 134 valence electrons. The number of fused-ring (bicyclic) bond motifs is 2. The Morgan fingerprint density at radius 2 is 1.70 bits per heavy atom. The molecule has 27 heavy (non-hydrogen) atoms. The summed E-state index contributed by atoms with van der Waals surface area (Å²) in [5.74, 6) is 0. The van der Waals surface area contributed by atoms with Crippen molar-refractivity contribution < 1.29 is 13.0 Å². The number of hydrogen-bond donors (Lipinski definition) is 2. The first-order valence-corrected chi connectivity index (χ1v) is 9.43. The largest absolute Gasteiger partial charge is 0.396 e. The third-order valence-electron chi connectivity index (χ3n) is 4.16. The highest BCUT2D eigenvalue weighted by atomic mass is 32.2. The topological polar surface area (TPSA) is 118 Å². The van der Waals surface area contributed by atoms with Gasteiger partial charge in [-0.2, -0.15) is 13.5 Å². The molecule has 0 radical (unpaired) electrons. The van der Waals surface area contributed by atoms with Crippen LogP contribution >= 0.6 is 0 Å². The molecule has 0 atom stereocenters. The summed E-state index contributed by atoms with van der Waals surface area (Å²) in [6.07, 6.45) is 1.70. The Morgan fingerprint density at radius 1 is 0.926 bits per heavy atom. The Balaban J connectivity index is 1.85. The minimum Gasteiger partial charge on any atom is -0.396 e. The molecule has 0 unspecified atom stereocenters. The molecule has 8 heteroatoms. The first-order valence-electron chi connectivity index (χ1n) is 7.99. The summed E-state index contributed by atoms with van der Waals surface area (Å²) in [6, 6.07) is 17.0. The number of nitrogens with two attached hydrogens (primary N) is 1. The summed E-state index contributed by atoms with van der Waals surface area (Å²) in [5.41, 5.74) is 7.98. The van der Waals surface area contributed by atoms with E-state index < -0.39 is 10.1 Å². The molecule has 0 aliphatic heterocycles. The van der Waals surface area contributed by atoms with Crippen molar-refractivity contribution in [3.8, 4) is 0 Å². The number of azo groups is 1. The van der Waals surface area contributed by atoms with Crippen molar-refractivity contribution in [2.75, 3.05) is 5.73 Å². The van der Waals surface area contributed by atoms with E-state index in [0.717, 1.165) is 10.9 Å². The van der Waals surface area contributed by atoms with Crippen molar-refractivity contribution in [2.24, 2.45) is 10.2 Å². The van der Waals surface area contributed by atoms with Gasteiger partial charge in [-0.25, -0.2) is 0 Å². The van der Waals surface area contributed by atoms with Crippen molar-refractivity contribution >= 4 is 48.9 Å². The van der Waals surface area contributed by atoms with E-state index in [2.05, 4.69) is 15.2 Å². The Kier molecular flexibility index (Phi) is 4.06. The second-order valence-corrected chi connectivity index (χ2v) is 7.30. The Bertz CT molecular complexity index is 1320. The molecule has 4 rings (SSSR count). The third kappa shape index (κ3) is 3.23. The number of rotatable bonds is 3. The van der Waals surface area contributed by atoms with E-state index in [-0.39, 0.29) is 16.3 Å². The SMILES string of the molecule is Nc1c(N=Nc2ccc3ncccc3c2)cc(S(=O)(=O)O)c2ccccc12. The van der Waals surface area contributed by atoms with Gasteiger partial charge in [0.15, 0.2) is 0 Å². The fourth-order valence-electron chi connectivity index (χ4n) is 2.88. The van der Waals surface area contributed by atoms with Gasteiger partial charge in [0.25, 0.3) is 10.1 Å². The van der Waals surface area contributed by atoms with Crippen LogP contribution in [0.4, 0.5) is 17.1 Å². The molecule has 0 amide bonds. The van der Waals surface area contributed by atoms with Crippen molar-refractivity contribution in [3.63, 3.8) is 0 Å². The van der Waals surface area contributed by atoms with Gasteiger partial charge in [-0.05, 0) is 30.3 Å². The molecule has 0 aliphatic carbocycles. The van der Waals surface area contributed by atoms with Gasteiger partial charge in [0.2, 0.25) is 0 Å². The molecule has 0 saturated carbocycles. The van der Waals surface area contributed by atoms with Crippen LogP contribution in [0.1, 0.15) is 0 Å². The highest BCUT2D eigenvalue weighted by Crippen LogP contribution is 2.36. The van der Waals surface area contributed by atoms with Gasteiger partial charge in [-0.1, -0.05) is 30.3 Å². The average Bonchev–Trinajstić information content (AvgIpc) is 2.66. The lowest BCUT2D eigenvalue weighted by Crippen LogP contribution is -2.01. The normalized spacial score (nSPS) is 12.2. The molecule has 4 aromatic rings. The third-order valence-corrected chi connectivity index (χ3v) is 5.06. The van der Waals surface area contributed by atoms with Crippen LogP contribution in [0.3, 0.4) is 0 Å². The second-order valence-electron chi connectivity index (χ2n) is 5.91. The summed E-state index contributed by atoms with van der Waals surface area (Å²) in [7, 11) is -4.45. The molecule has 1 heterocycles. The van der Waals surface area contributed by atoms with Crippen LogP contribution in [0, 0.1) is 0 Å². The molecule has 0 bridgehead atoms. The summed E-state index contributed by atoms with van der Waals surface area (Å²) in [4.78, 5) is 3.98. The van der Waals surface area contributed by atoms with Crippen LogP contribution in [0.5, 0.6) is 0 Å². The van der Waals surface area contributed by atoms with Crippen molar-refractivity contribution in [3.05, 3.63) is 66.9 Å². The zero-order valence-corrected chi connectivity index (χ0v) is 14.8. The minimum absolute atomic E-state index is 0.160. The van der Waals surface area contributed by atoms with Crippen LogP contribution in [-0.2, 0) is 10.1 Å². The maximum atomic E-state index is 11.8. The number of nitrogens with zero attached hydrogens (tertiary/aromatic N) is 3. The van der Waals surface area contributed by atoms with Gasteiger partial charge in [0.05, 0.1) is 16.9 Å². The smallest absolute Gasteiger partial charge is 0.295 e. The first-order chi connectivity index (χ1) is 12.9. The van der Waals surface area contributed by atoms with Crippen LogP contribution in [0.25, 0.3) is 21.7 Å². The quantitative estimate of drug-likeness (QED) is 0.306. The second kappa shape index (κ2) is 6.42. The van der Waals surface area contributed by atoms with Gasteiger partial charge in [-0.15, -0.1) is 5.11 Å². The van der Waals surface area contributed by atoms with Crippen molar-refractivity contribution in [2.45, 2.75) is 4.90 Å². The monoisotopic (exact) mass is 378 g/mol. The molecule has 1 aromatic heterocycles. The van der Waals surface area contributed by atoms with E-state index in [0.29, 0.717) is 16.5 Å². The van der Waals surface area contributed by atoms with E-state index in [1.54, 1.807) is 36.5 Å². The van der Waals surface area contributed by atoms with Gasteiger partial charge in [0.1, 0.15) is 10.6 Å². The predicted octanol–water partition coefficient (Wildman–Crippen LogP) is 4.63. The van der Waals surface area contributed by atoms with Crippen LogP contribution in [-0.4, -0.2) is 18.0 Å². The van der Waals surface area contributed by atoms with Crippen LogP contribution < -0.4 is 5.73 Å². The Hall–Kier alpha value is -3.36. The molecule has 0 aliphatic rings. The molecular weight excluding hydrogens is 364 g/mol. The van der Waals surface area contributed by atoms with Gasteiger partial charge < -0.3 is 5.73 Å². The average molecular weight is 378 g/mol. The molecule has 3 aromatic carbocycles. The highest BCUT2D eigenvalue weighted by Gasteiger charge is 2.18. The van der Waals surface area contributed by atoms with E-state index in [9.17, 15) is 13.0 Å². The maximum Gasteiger partial charge on any atom is 0.295 e. The van der Waals surface area contributed by atoms with Gasteiger partial charge in [-0.3, -0.25) is 9.54 Å². The van der Waals surface area contributed by atoms with Crippen molar-refractivity contribution in [1.82, 2.24) is 4.98 Å². The summed E-state index contributed by atoms with van der Waals surface area (Å²) >= 11 is 0. The van der Waals surface area contributed by atoms with E-state index in [1.807, 2.05) is 24.3 Å². The Morgan fingerprint density at radius 3 is 2.48 bits per heavy atom. The zero-order chi connectivity index (χ0) is 19.0.